The average molecular weight is 536 g/mol. The van der Waals surface area contributed by atoms with Gasteiger partial charge in [-0.3, -0.25) is 4.79 Å². The number of hydrogen-bond donors (Lipinski definition) is 2. The molecule has 5 nitrogen and oxygen atoms in total. The van der Waals surface area contributed by atoms with Gasteiger partial charge in [0.15, 0.2) is 0 Å². The van der Waals surface area contributed by atoms with Crippen molar-refractivity contribution in [2.75, 3.05) is 12.3 Å². The van der Waals surface area contributed by atoms with Gasteiger partial charge in [-0.05, 0) is 37.0 Å². The number of carbonyl (C=O) groups is 1. The van der Waals surface area contributed by atoms with Crippen LogP contribution >= 0.6 is 11.8 Å². The van der Waals surface area contributed by atoms with Crippen molar-refractivity contribution >= 4 is 27.8 Å². The lowest BCUT2D eigenvalue weighted by molar-refractivity contribution is -0.133. The predicted molar refractivity (Wildman–Crippen MR) is 141 cm³/mol. The van der Waals surface area contributed by atoms with E-state index in [0.717, 1.165) is 37.8 Å². The van der Waals surface area contributed by atoms with Crippen LogP contribution in [0.25, 0.3) is 0 Å². The second-order valence-corrected chi connectivity index (χ2v) is 12.2. The highest BCUT2D eigenvalue weighted by Crippen LogP contribution is 2.26. The zero-order valence-electron chi connectivity index (χ0n) is 21.3. The molecule has 0 radical (unpaired) electrons. The summed E-state index contributed by atoms with van der Waals surface area (Å²) in [7, 11) is -3.52. The third-order valence-corrected chi connectivity index (χ3v) is 9.07. The van der Waals surface area contributed by atoms with Gasteiger partial charge in [0.1, 0.15) is 11.6 Å². The fraction of sp³-hybridized carbons (Fsp3) is 0.731. The summed E-state index contributed by atoms with van der Waals surface area (Å²) in [5, 5.41) is 8.24. The van der Waals surface area contributed by atoms with Crippen molar-refractivity contribution in [1.82, 2.24) is 4.72 Å². The number of halogens is 2. The molecule has 0 saturated heterocycles. The topological polar surface area (TPSA) is 83.5 Å². The molecule has 35 heavy (non-hydrogen) atoms. The zero-order chi connectivity index (χ0) is 26.1. The molecule has 1 aromatic rings. The molecule has 202 valence electrons. The normalized spacial score (nSPS) is 12.7. The summed E-state index contributed by atoms with van der Waals surface area (Å²) in [4.78, 5) is 10.3. The van der Waals surface area contributed by atoms with Gasteiger partial charge in [0.25, 0.3) is 0 Å². The van der Waals surface area contributed by atoms with E-state index >= 15 is 0 Å². The van der Waals surface area contributed by atoms with E-state index in [-0.39, 0.29) is 17.9 Å². The number of carboxylic acids is 1. The van der Waals surface area contributed by atoms with E-state index in [9.17, 15) is 22.0 Å². The molecule has 0 saturated carbocycles. The Balaban J connectivity index is 2.44. The number of sulfonamides is 1. The summed E-state index contributed by atoms with van der Waals surface area (Å²) in [6.07, 6.45) is 14.1. The largest absolute Gasteiger partial charge is 0.481 e. The molecule has 0 aliphatic carbocycles. The molecule has 0 aromatic heterocycles. The summed E-state index contributed by atoms with van der Waals surface area (Å²) < 4.78 is 56.6. The summed E-state index contributed by atoms with van der Waals surface area (Å²) in [5.41, 5.74) is 0.323. The van der Waals surface area contributed by atoms with Gasteiger partial charge in [-0.1, -0.05) is 84.5 Å². The smallest absolute Gasteiger partial charge is 0.313 e. The lowest BCUT2D eigenvalue weighted by Crippen LogP contribution is -2.35. The molecular formula is C26H43F2NO4S2. The SMILES string of the molecule is CCCCCCCCCCCCC(CCC)S(=O)(=O)NCCc1cc(F)c(SCC(=O)O)c(F)c1. The standard InChI is InChI=1S/C26H43F2NO4S2/c1-3-5-6-7-8-9-10-11-12-13-15-22(14-4-2)35(32,33)29-17-16-21-18-23(27)26(24(28)19-21)34-20-25(30)31/h18-19,22,29H,3-17,20H2,1-2H3,(H,30,31). The molecule has 1 atom stereocenters. The fourth-order valence-corrected chi connectivity index (χ4v) is 6.43. The Hall–Kier alpha value is -1.19. The first-order valence-corrected chi connectivity index (χ1v) is 15.5. The Morgan fingerprint density at radius 2 is 1.46 bits per heavy atom. The van der Waals surface area contributed by atoms with Crippen LogP contribution in [0.3, 0.4) is 0 Å². The Labute approximate surface area is 214 Å². The second-order valence-electron chi connectivity index (χ2n) is 9.14. The predicted octanol–water partition coefficient (Wildman–Crippen LogP) is 7.08. The summed E-state index contributed by atoms with van der Waals surface area (Å²) in [5.74, 6) is -3.27. The van der Waals surface area contributed by atoms with Gasteiger partial charge in [0.05, 0.1) is 15.9 Å². The number of carboxylic acid groups (broad SMARTS) is 1. The van der Waals surface area contributed by atoms with Crippen LogP contribution in [0.5, 0.6) is 0 Å². The first-order valence-electron chi connectivity index (χ1n) is 13.0. The number of hydrogen-bond acceptors (Lipinski definition) is 4. The van der Waals surface area contributed by atoms with Gasteiger partial charge in [0, 0.05) is 6.54 Å². The molecule has 9 heteroatoms. The van der Waals surface area contributed by atoms with Crippen LogP contribution in [0, 0.1) is 11.6 Å². The average Bonchev–Trinajstić information content (AvgIpc) is 2.78. The van der Waals surface area contributed by atoms with Crippen molar-refractivity contribution in [2.45, 2.75) is 114 Å². The Morgan fingerprint density at radius 3 is 1.97 bits per heavy atom. The van der Waals surface area contributed by atoms with Crippen LogP contribution < -0.4 is 4.72 Å². The molecule has 1 unspecified atom stereocenters. The molecule has 0 bridgehead atoms. The first kappa shape index (κ1) is 31.8. The van der Waals surface area contributed by atoms with Crippen LogP contribution in [0.4, 0.5) is 8.78 Å². The third kappa shape index (κ3) is 13.6. The van der Waals surface area contributed by atoms with E-state index in [2.05, 4.69) is 11.6 Å². The van der Waals surface area contributed by atoms with Crippen LogP contribution in [0.15, 0.2) is 17.0 Å². The molecule has 0 aliphatic heterocycles. The van der Waals surface area contributed by atoms with E-state index in [4.69, 9.17) is 5.11 Å². The minimum absolute atomic E-state index is 0.0566. The van der Waals surface area contributed by atoms with E-state index in [1.807, 2.05) is 6.92 Å². The van der Waals surface area contributed by atoms with Gasteiger partial charge >= 0.3 is 5.97 Å². The van der Waals surface area contributed by atoms with Crippen molar-refractivity contribution in [3.05, 3.63) is 29.3 Å². The maximum absolute atomic E-state index is 14.2. The number of aliphatic carboxylic acids is 1. The molecule has 0 spiro atoms. The van der Waals surface area contributed by atoms with E-state index in [1.54, 1.807) is 0 Å². The van der Waals surface area contributed by atoms with Crippen LogP contribution in [-0.4, -0.2) is 37.0 Å². The number of nitrogens with one attached hydrogen (secondary N) is 1. The number of thioether (sulfide) groups is 1. The van der Waals surface area contributed by atoms with Crippen molar-refractivity contribution in [3.63, 3.8) is 0 Å². The van der Waals surface area contributed by atoms with Crippen LogP contribution in [0.1, 0.15) is 103 Å². The van der Waals surface area contributed by atoms with Crippen molar-refractivity contribution in [1.29, 1.82) is 0 Å². The van der Waals surface area contributed by atoms with E-state index in [1.165, 1.54) is 44.9 Å². The van der Waals surface area contributed by atoms with Gasteiger partial charge in [-0.25, -0.2) is 21.9 Å². The molecular weight excluding hydrogens is 492 g/mol. The van der Waals surface area contributed by atoms with Crippen LogP contribution in [0.2, 0.25) is 0 Å². The summed E-state index contributed by atoms with van der Waals surface area (Å²) in [6, 6.07) is 2.27. The maximum atomic E-state index is 14.2. The van der Waals surface area contributed by atoms with Crippen molar-refractivity contribution in [3.8, 4) is 0 Å². The highest BCUT2D eigenvalue weighted by molar-refractivity contribution is 8.00. The minimum Gasteiger partial charge on any atom is -0.481 e. The molecule has 2 N–H and O–H groups in total. The van der Waals surface area contributed by atoms with Gasteiger partial charge < -0.3 is 5.11 Å². The van der Waals surface area contributed by atoms with E-state index in [0.29, 0.717) is 30.2 Å². The number of rotatable bonds is 21. The number of unbranched alkanes of at least 4 members (excludes halogenated alkanes) is 9. The second kappa shape index (κ2) is 18.1. The summed E-state index contributed by atoms with van der Waals surface area (Å²) in [6.45, 7) is 4.24. The number of benzene rings is 1. The van der Waals surface area contributed by atoms with Gasteiger partial charge in [0.2, 0.25) is 10.0 Å². The molecule has 1 rings (SSSR count). The summed E-state index contributed by atoms with van der Waals surface area (Å²) >= 11 is 0.584. The molecule has 0 amide bonds. The van der Waals surface area contributed by atoms with Crippen molar-refractivity contribution < 1.29 is 27.1 Å². The van der Waals surface area contributed by atoms with E-state index < -0.39 is 38.6 Å². The van der Waals surface area contributed by atoms with Crippen LogP contribution in [-0.2, 0) is 21.2 Å². The first-order chi connectivity index (χ1) is 16.7. The molecule has 0 heterocycles. The minimum atomic E-state index is -3.52. The third-order valence-electron chi connectivity index (χ3n) is 6.04. The zero-order valence-corrected chi connectivity index (χ0v) is 22.9. The quantitative estimate of drug-likeness (QED) is 0.130. The Bertz CT molecular complexity index is 827. The molecule has 1 aromatic carbocycles. The molecule has 0 aliphatic rings. The maximum Gasteiger partial charge on any atom is 0.313 e. The van der Waals surface area contributed by atoms with Crippen molar-refractivity contribution in [2.24, 2.45) is 0 Å². The van der Waals surface area contributed by atoms with Gasteiger partial charge in [-0.2, -0.15) is 0 Å². The highest BCUT2D eigenvalue weighted by Gasteiger charge is 2.24. The Kier molecular flexibility index (Phi) is 16.5. The lowest BCUT2D eigenvalue weighted by Gasteiger charge is -2.18. The van der Waals surface area contributed by atoms with Gasteiger partial charge in [-0.15, -0.1) is 11.8 Å². The monoisotopic (exact) mass is 535 g/mol. The molecule has 0 fully saturated rings. The fourth-order valence-electron chi connectivity index (χ4n) is 4.12. The Morgan fingerprint density at radius 1 is 0.914 bits per heavy atom. The highest BCUT2D eigenvalue weighted by atomic mass is 32.2. The lowest BCUT2D eigenvalue weighted by atomic mass is 10.0.